The first-order chi connectivity index (χ1) is 7.99. The van der Waals surface area contributed by atoms with E-state index in [0.29, 0.717) is 18.4 Å². The quantitative estimate of drug-likeness (QED) is 0.871. The maximum absolute atomic E-state index is 5.88. The molecule has 0 aliphatic heterocycles. The second kappa shape index (κ2) is 4.53. The van der Waals surface area contributed by atoms with Crippen molar-refractivity contribution < 1.29 is 9.47 Å². The van der Waals surface area contributed by atoms with Gasteiger partial charge >= 0.3 is 0 Å². The van der Waals surface area contributed by atoms with E-state index in [1.165, 1.54) is 0 Å². The first-order valence-electron chi connectivity index (χ1n) is 6.03. The summed E-state index contributed by atoms with van der Waals surface area (Å²) in [4.78, 5) is 4.24. The minimum absolute atomic E-state index is 0.255. The Bertz CT molecular complexity index is 395. The van der Waals surface area contributed by atoms with E-state index in [2.05, 4.69) is 4.98 Å². The van der Waals surface area contributed by atoms with E-state index in [1.54, 1.807) is 6.20 Å². The van der Waals surface area contributed by atoms with Crippen molar-refractivity contribution in [2.45, 2.75) is 51.9 Å². The summed E-state index contributed by atoms with van der Waals surface area (Å²) in [5.74, 6) is 1.45. The molecule has 94 valence electrons. The Kier molecular flexibility index (Phi) is 3.24. The zero-order chi connectivity index (χ0) is 12.5. The molecule has 4 nitrogen and oxygen atoms in total. The van der Waals surface area contributed by atoms with Crippen LogP contribution in [0.15, 0.2) is 12.3 Å². The van der Waals surface area contributed by atoms with Crippen LogP contribution >= 0.6 is 0 Å². The van der Waals surface area contributed by atoms with Crippen LogP contribution in [0.4, 0.5) is 0 Å². The summed E-state index contributed by atoms with van der Waals surface area (Å²) in [6, 6.07) is 1.84. The van der Waals surface area contributed by atoms with E-state index < -0.39 is 0 Å². The molecule has 0 radical (unpaired) electrons. The third kappa shape index (κ3) is 3.33. The number of hydrogen-bond acceptors (Lipinski definition) is 4. The number of hydrogen-bond donors (Lipinski definition) is 1. The number of rotatable bonds is 4. The molecule has 2 N–H and O–H groups in total. The van der Waals surface area contributed by atoms with Crippen LogP contribution < -0.4 is 15.2 Å². The van der Waals surface area contributed by atoms with Crippen LogP contribution in [0.5, 0.6) is 11.5 Å². The van der Waals surface area contributed by atoms with Crippen molar-refractivity contribution in [3.05, 3.63) is 18.0 Å². The third-order valence-corrected chi connectivity index (χ3v) is 2.36. The third-order valence-electron chi connectivity index (χ3n) is 2.36. The Balaban J connectivity index is 2.28. The summed E-state index contributed by atoms with van der Waals surface area (Å²) < 4.78 is 11.7. The maximum Gasteiger partial charge on any atom is 0.184 e. The summed E-state index contributed by atoms with van der Waals surface area (Å²) in [6.07, 6.45) is 4.23. The van der Waals surface area contributed by atoms with Gasteiger partial charge in [0.05, 0.1) is 11.8 Å². The van der Waals surface area contributed by atoms with Gasteiger partial charge in [0, 0.05) is 18.8 Å². The Morgan fingerprint density at radius 1 is 1.41 bits per heavy atom. The fraction of sp³-hybridized carbons (Fsp3) is 0.615. The van der Waals surface area contributed by atoms with Gasteiger partial charge in [0.2, 0.25) is 0 Å². The van der Waals surface area contributed by atoms with Crippen molar-refractivity contribution >= 4 is 0 Å². The molecule has 2 rings (SSSR count). The van der Waals surface area contributed by atoms with Crippen LogP contribution in [0.3, 0.4) is 0 Å². The lowest BCUT2D eigenvalue weighted by atomic mass is 10.2. The molecule has 1 aliphatic carbocycles. The molecule has 0 amide bonds. The van der Waals surface area contributed by atoms with Gasteiger partial charge < -0.3 is 15.2 Å². The molecule has 0 aromatic carbocycles. The van der Waals surface area contributed by atoms with Crippen molar-refractivity contribution in [1.82, 2.24) is 4.98 Å². The number of aromatic nitrogens is 1. The molecule has 1 aromatic rings. The Morgan fingerprint density at radius 2 is 2.12 bits per heavy atom. The van der Waals surface area contributed by atoms with Crippen molar-refractivity contribution in [3.8, 4) is 11.5 Å². The summed E-state index contributed by atoms with van der Waals surface area (Å²) in [7, 11) is 0. The van der Waals surface area contributed by atoms with Crippen LogP contribution in [0.25, 0.3) is 0 Å². The van der Waals surface area contributed by atoms with Gasteiger partial charge in [-0.15, -0.1) is 0 Å². The minimum atomic E-state index is -0.255. The zero-order valence-corrected chi connectivity index (χ0v) is 10.7. The molecule has 4 heteroatoms. The van der Waals surface area contributed by atoms with E-state index >= 15 is 0 Å². The summed E-state index contributed by atoms with van der Waals surface area (Å²) in [5.41, 5.74) is 6.19. The van der Waals surface area contributed by atoms with Crippen LogP contribution in [-0.2, 0) is 6.54 Å². The maximum atomic E-state index is 5.88. The van der Waals surface area contributed by atoms with Gasteiger partial charge in [-0.3, -0.25) is 4.98 Å². The van der Waals surface area contributed by atoms with Crippen molar-refractivity contribution in [3.63, 3.8) is 0 Å². The molecular weight excluding hydrogens is 216 g/mol. The lowest BCUT2D eigenvalue weighted by Crippen LogP contribution is -2.24. The molecule has 17 heavy (non-hydrogen) atoms. The Morgan fingerprint density at radius 3 is 2.65 bits per heavy atom. The smallest absolute Gasteiger partial charge is 0.184 e. The van der Waals surface area contributed by atoms with Gasteiger partial charge in [0.25, 0.3) is 0 Å². The predicted octanol–water partition coefficient (Wildman–Crippen LogP) is 2.26. The van der Waals surface area contributed by atoms with Gasteiger partial charge in [-0.2, -0.15) is 0 Å². The fourth-order valence-corrected chi connectivity index (χ4v) is 1.51. The lowest BCUT2D eigenvalue weighted by Gasteiger charge is -2.23. The van der Waals surface area contributed by atoms with Gasteiger partial charge in [-0.25, -0.2) is 0 Å². The number of ether oxygens (including phenoxy) is 2. The van der Waals surface area contributed by atoms with E-state index in [9.17, 15) is 0 Å². The first kappa shape index (κ1) is 12.2. The highest BCUT2D eigenvalue weighted by Crippen LogP contribution is 2.36. The Labute approximate surface area is 102 Å². The SMILES string of the molecule is CC(C)(C)Oc1ccnc(CN)c1OC1CC1. The summed E-state index contributed by atoms with van der Waals surface area (Å²) in [5, 5.41) is 0. The minimum Gasteiger partial charge on any atom is -0.485 e. The normalized spacial score (nSPS) is 15.8. The second-order valence-corrected chi connectivity index (χ2v) is 5.32. The molecule has 1 heterocycles. The lowest BCUT2D eigenvalue weighted by molar-refractivity contribution is 0.122. The van der Waals surface area contributed by atoms with E-state index in [0.717, 1.165) is 24.3 Å². The van der Waals surface area contributed by atoms with Crippen LogP contribution in [0.2, 0.25) is 0 Å². The van der Waals surface area contributed by atoms with Crippen LogP contribution in [0, 0.1) is 0 Å². The molecule has 1 fully saturated rings. The molecule has 1 aromatic heterocycles. The van der Waals surface area contributed by atoms with Crippen molar-refractivity contribution in [2.75, 3.05) is 0 Å². The summed E-state index contributed by atoms with van der Waals surface area (Å²) in [6.45, 7) is 6.40. The molecule has 0 atom stereocenters. The number of pyridine rings is 1. The standard InChI is InChI=1S/C13H20N2O2/c1-13(2,3)17-11-6-7-15-10(8-14)12(11)16-9-4-5-9/h6-7,9H,4-5,8,14H2,1-3H3. The summed E-state index contributed by atoms with van der Waals surface area (Å²) >= 11 is 0. The van der Waals surface area contributed by atoms with Crippen LogP contribution in [0.1, 0.15) is 39.3 Å². The van der Waals surface area contributed by atoms with Gasteiger partial charge in [-0.05, 0) is 33.6 Å². The van der Waals surface area contributed by atoms with Gasteiger partial charge in [0.1, 0.15) is 5.60 Å². The second-order valence-electron chi connectivity index (χ2n) is 5.32. The molecule has 1 saturated carbocycles. The molecule has 0 unspecified atom stereocenters. The number of nitrogens with zero attached hydrogens (tertiary/aromatic N) is 1. The molecule has 0 saturated heterocycles. The first-order valence-corrected chi connectivity index (χ1v) is 6.03. The highest BCUT2D eigenvalue weighted by molar-refractivity contribution is 5.43. The fourth-order valence-electron chi connectivity index (χ4n) is 1.51. The topological polar surface area (TPSA) is 57.4 Å². The van der Waals surface area contributed by atoms with Crippen molar-refractivity contribution in [2.24, 2.45) is 5.73 Å². The highest BCUT2D eigenvalue weighted by Gasteiger charge is 2.27. The molecular formula is C13H20N2O2. The van der Waals surface area contributed by atoms with E-state index in [4.69, 9.17) is 15.2 Å². The molecule has 0 bridgehead atoms. The highest BCUT2D eigenvalue weighted by atomic mass is 16.5. The average Bonchev–Trinajstić information content (AvgIpc) is 3.02. The predicted molar refractivity (Wildman–Crippen MR) is 66.2 cm³/mol. The van der Waals surface area contributed by atoms with E-state index in [1.807, 2.05) is 26.8 Å². The Hall–Kier alpha value is -1.29. The zero-order valence-electron chi connectivity index (χ0n) is 10.7. The van der Waals surface area contributed by atoms with Gasteiger partial charge in [-0.1, -0.05) is 0 Å². The molecule has 0 spiro atoms. The average molecular weight is 236 g/mol. The van der Waals surface area contributed by atoms with Crippen LogP contribution in [-0.4, -0.2) is 16.7 Å². The number of nitrogens with two attached hydrogens (primary N) is 1. The largest absolute Gasteiger partial charge is 0.485 e. The molecule has 1 aliphatic rings. The van der Waals surface area contributed by atoms with E-state index in [-0.39, 0.29) is 5.60 Å². The monoisotopic (exact) mass is 236 g/mol. The van der Waals surface area contributed by atoms with Gasteiger partial charge in [0.15, 0.2) is 11.5 Å². The van der Waals surface area contributed by atoms with Crippen molar-refractivity contribution in [1.29, 1.82) is 0 Å².